The normalized spacial score (nSPS) is 13.5. The Bertz CT molecular complexity index is 1670. The molecule has 0 amide bonds. The average Bonchev–Trinajstić information content (AvgIpc) is 3.20. The van der Waals surface area contributed by atoms with E-state index in [9.17, 15) is 9.90 Å². The van der Waals surface area contributed by atoms with Gasteiger partial charge in [-0.2, -0.15) is 0 Å². The van der Waals surface area contributed by atoms with Crippen LogP contribution >= 0.6 is 12.4 Å². The molecule has 0 fully saturated rings. The number of rotatable bonds is 6. The molecule has 1 aliphatic rings. The summed E-state index contributed by atoms with van der Waals surface area (Å²) in [6.45, 7) is 7.65. The summed E-state index contributed by atoms with van der Waals surface area (Å²) >= 11 is 0. The molecule has 196 valence electrons. The molecule has 1 N–H and O–H groups in total. The molecule has 38 heavy (non-hydrogen) atoms. The molecule has 7 heteroatoms. The summed E-state index contributed by atoms with van der Waals surface area (Å²) in [6, 6.07) is 20.8. The zero-order chi connectivity index (χ0) is 25.5. The summed E-state index contributed by atoms with van der Waals surface area (Å²) in [6.07, 6.45) is 4.33. The van der Waals surface area contributed by atoms with Gasteiger partial charge in [-0.25, -0.2) is 4.98 Å². The van der Waals surface area contributed by atoms with Crippen molar-refractivity contribution >= 4 is 29.0 Å². The highest BCUT2D eigenvalue weighted by atomic mass is 35.5. The fraction of sp³-hybridized carbons (Fsp3) is 0.290. The Morgan fingerprint density at radius 2 is 1.79 bits per heavy atom. The summed E-state index contributed by atoms with van der Waals surface area (Å²) in [5.41, 5.74) is 8.47. The second-order valence-corrected chi connectivity index (χ2v) is 10.2. The van der Waals surface area contributed by atoms with Crippen LogP contribution in [0.1, 0.15) is 33.6 Å². The highest BCUT2D eigenvalue weighted by Crippen LogP contribution is 2.32. The molecule has 0 atom stereocenters. The van der Waals surface area contributed by atoms with Crippen molar-refractivity contribution < 1.29 is 5.11 Å². The molecule has 4 heterocycles. The Kier molecular flexibility index (Phi) is 7.28. The molecular weight excluding hydrogens is 496 g/mol. The van der Waals surface area contributed by atoms with Gasteiger partial charge < -0.3 is 9.67 Å². The van der Waals surface area contributed by atoms with Crippen LogP contribution in [0.3, 0.4) is 0 Å². The lowest BCUT2D eigenvalue weighted by molar-refractivity contribution is 0.254. The third-order valence-electron chi connectivity index (χ3n) is 7.77. The fourth-order valence-corrected chi connectivity index (χ4v) is 5.80. The first-order valence-corrected chi connectivity index (χ1v) is 13.1. The van der Waals surface area contributed by atoms with Gasteiger partial charge in [-0.15, -0.1) is 12.4 Å². The predicted molar refractivity (Wildman–Crippen MR) is 155 cm³/mol. The number of nitrogens with zero attached hydrogens (tertiary/aromatic N) is 4. The van der Waals surface area contributed by atoms with Crippen molar-refractivity contribution in [3.63, 3.8) is 0 Å². The van der Waals surface area contributed by atoms with Crippen molar-refractivity contribution in [2.45, 2.75) is 46.2 Å². The monoisotopic (exact) mass is 528 g/mol. The van der Waals surface area contributed by atoms with Crippen molar-refractivity contribution in [1.82, 2.24) is 18.9 Å². The summed E-state index contributed by atoms with van der Waals surface area (Å²) in [4.78, 5) is 20.2. The largest absolute Gasteiger partial charge is 0.504 e. The molecule has 0 saturated carbocycles. The molecule has 6 nitrogen and oxygen atoms in total. The Morgan fingerprint density at radius 3 is 2.61 bits per heavy atom. The van der Waals surface area contributed by atoms with Gasteiger partial charge in [0.2, 0.25) is 0 Å². The minimum absolute atomic E-state index is 0. The topological polar surface area (TPSA) is 62.8 Å². The van der Waals surface area contributed by atoms with E-state index in [-0.39, 0.29) is 23.7 Å². The van der Waals surface area contributed by atoms with Crippen LogP contribution in [-0.4, -0.2) is 37.0 Å². The van der Waals surface area contributed by atoms with Gasteiger partial charge in [0.15, 0.2) is 11.4 Å². The van der Waals surface area contributed by atoms with E-state index in [1.54, 1.807) is 18.3 Å². The van der Waals surface area contributed by atoms with Crippen molar-refractivity contribution in [3.05, 3.63) is 111 Å². The van der Waals surface area contributed by atoms with Gasteiger partial charge in [0.25, 0.3) is 5.56 Å². The van der Waals surface area contributed by atoms with Crippen LogP contribution in [0.5, 0.6) is 5.75 Å². The van der Waals surface area contributed by atoms with Gasteiger partial charge in [-0.05, 0) is 62.1 Å². The van der Waals surface area contributed by atoms with E-state index in [0.29, 0.717) is 17.8 Å². The maximum atomic E-state index is 13.2. The molecule has 0 aliphatic carbocycles. The van der Waals surface area contributed by atoms with Crippen molar-refractivity contribution in [3.8, 4) is 5.75 Å². The Hall–Kier alpha value is -3.61. The van der Waals surface area contributed by atoms with Gasteiger partial charge in [0, 0.05) is 66.7 Å². The lowest BCUT2D eigenvalue weighted by atomic mass is 10.0. The molecule has 0 bridgehead atoms. The number of aromatic nitrogens is 3. The van der Waals surface area contributed by atoms with Crippen LogP contribution < -0.4 is 5.56 Å². The third kappa shape index (κ3) is 4.70. The van der Waals surface area contributed by atoms with Gasteiger partial charge in [-0.1, -0.05) is 42.0 Å². The zero-order valence-corrected chi connectivity index (χ0v) is 22.7. The molecule has 0 spiro atoms. The molecule has 0 saturated heterocycles. The highest BCUT2D eigenvalue weighted by molar-refractivity contribution is 5.86. The summed E-state index contributed by atoms with van der Waals surface area (Å²) < 4.78 is 3.99. The average molecular weight is 529 g/mol. The Morgan fingerprint density at radius 1 is 0.974 bits per heavy atom. The van der Waals surface area contributed by atoms with E-state index in [2.05, 4.69) is 69.9 Å². The van der Waals surface area contributed by atoms with Gasteiger partial charge in [0.1, 0.15) is 0 Å². The number of benzene rings is 2. The minimum Gasteiger partial charge on any atom is -0.504 e. The van der Waals surface area contributed by atoms with Crippen LogP contribution in [0.15, 0.2) is 71.7 Å². The van der Waals surface area contributed by atoms with E-state index in [4.69, 9.17) is 0 Å². The predicted octanol–water partition coefficient (Wildman–Crippen LogP) is 5.24. The van der Waals surface area contributed by atoms with Gasteiger partial charge >= 0.3 is 0 Å². The number of halogens is 1. The highest BCUT2D eigenvalue weighted by Gasteiger charge is 2.24. The van der Waals surface area contributed by atoms with E-state index in [1.165, 1.54) is 37.7 Å². The molecular formula is C31H33ClN4O2. The van der Waals surface area contributed by atoms with Crippen LogP contribution in [0.4, 0.5) is 0 Å². The molecule has 0 unspecified atom stereocenters. The number of hydrogen-bond donors (Lipinski definition) is 1. The molecule has 3 aromatic heterocycles. The first-order valence-electron chi connectivity index (χ1n) is 13.1. The maximum Gasteiger partial charge on any atom is 0.261 e. The number of aromatic hydroxyl groups is 1. The maximum absolute atomic E-state index is 13.2. The Labute approximate surface area is 228 Å². The number of fused-ring (bicyclic) bond motifs is 4. The SMILES string of the molecule is Cc1ccc2c(c1)c1c(n2CCc2ccccc2)CCN(CCc2c(C)nc3c(O)cccn3c2=O)C1.Cl. The first kappa shape index (κ1) is 26.0. The van der Waals surface area contributed by atoms with E-state index >= 15 is 0 Å². The zero-order valence-electron chi connectivity index (χ0n) is 21.9. The van der Waals surface area contributed by atoms with Crippen LogP contribution in [-0.2, 0) is 32.4 Å². The Balaban J connectivity index is 0.00000294. The molecule has 2 aromatic carbocycles. The fourth-order valence-electron chi connectivity index (χ4n) is 5.80. The minimum atomic E-state index is -0.0933. The molecule has 5 aromatic rings. The summed E-state index contributed by atoms with van der Waals surface area (Å²) in [5.74, 6) is 0.0248. The number of pyridine rings is 1. The standard InChI is InChI=1S/C31H32N4O2.ClH/c1-21-10-11-27-25(19-21)26-20-33(17-14-28(26)34(27)18-12-23-7-4-3-5-8-23)16-13-24-22(2)32-30-29(36)9-6-15-35(30)31(24)37;/h3-11,15,19,36H,12-14,16-18,20H2,1-2H3;1H. The van der Waals surface area contributed by atoms with Crippen molar-refractivity contribution in [2.75, 3.05) is 13.1 Å². The lowest BCUT2D eigenvalue weighted by Crippen LogP contribution is -2.34. The quantitative estimate of drug-likeness (QED) is 0.327. The first-order chi connectivity index (χ1) is 18.0. The molecule has 1 aliphatic heterocycles. The van der Waals surface area contributed by atoms with E-state index in [1.807, 2.05) is 6.92 Å². The smallest absolute Gasteiger partial charge is 0.261 e. The molecule has 0 radical (unpaired) electrons. The molecule has 6 rings (SSSR count). The van der Waals surface area contributed by atoms with Gasteiger partial charge in [-0.3, -0.25) is 14.1 Å². The van der Waals surface area contributed by atoms with Crippen molar-refractivity contribution in [1.29, 1.82) is 0 Å². The van der Waals surface area contributed by atoms with Crippen LogP contribution in [0.25, 0.3) is 16.6 Å². The third-order valence-corrected chi connectivity index (χ3v) is 7.77. The van der Waals surface area contributed by atoms with E-state index < -0.39 is 0 Å². The second-order valence-electron chi connectivity index (χ2n) is 10.2. The van der Waals surface area contributed by atoms with Crippen LogP contribution in [0.2, 0.25) is 0 Å². The summed E-state index contributed by atoms with van der Waals surface area (Å²) in [7, 11) is 0. The van der Waals surface area contributed by atoms with Crippen molar-refractivity contribution in [2.24, 2.45) is 0 Å². The number of hydrogen-bond acceptors (Lipinski definition) is 4. The van der Waals surface area contributed by atoms with Gasteiger partial charge in [0.05, 0.1) is 0 Å². The number of aryl methyl sites for hydroxylation is 4. The van der Waals surface area contributed by atoms with E-state index in [0.717, 1.165) is 44.6 Å². The lowest BCUT2D eigenvalue weighted by Gasteiger charge is -2.28. The summed E-state index contributed by atoms with van der Waals surface area (Å²) in [5, 5.41) is 11.5. The van der Waals surface area contributed by atoms with Crippen LogP contribution in [0, 0.1) is 13.8 Å². The second kappa shape index (κ2) is 10.6.